The van der Waals surface area contributed by atoms with Gasteiger partial charge in [0.2, 0.25) is 5.91 Å². The molecule has 27 heavy (non-hydrogen) atoms. The Morgan fingerprint density at radius 2 is 1.93 bits per heavy atom. The molecule has 2 aromatic rings. The minimum atomic E-state index is -0.248. The van der Waals surface area contributed by atoms with Crippen LogP contribution in [0.2, 0.25) is 0 Å². The molecule has 2 amide bonds. The molecule has 0 aliphatic carbocycles. The van der Waals surface area contributed by atoms with Gasteiger partial charge < -0.3 is 20.3 Å². The molecule has 0 radical (unpaired) electrons. The highest BCUT2D eigenvalue weighted by Gasteiger charge is 2.13. The topological polar surface area (TPSA) is 83.6 Å². The van der Waals surface area contributed by atoms with Crippen LogP contribution in [0.5, 0.6) is 0 Å². The second-order valence-electron chi connectivity index (χ2n) is 6.40. The number of anilines is 1. The Hall–Kier alpha value is -2.93. The lowest BCUT2D eigenvalue weighted by atomic mass is 10.1. The lowest BCUT2D eigenvalue weighted by Crippen LogP contribution is -2.37. The van der Waals surface area contributed by atoms with Crippen molar-refractivity contribution in [3.8, 4) is 0 Å². The second-order valence-corrected chi connectivity index (χ2v) is 6.40. The van der Waals surface area contributed by atoms with Crippen LogP contribution >= 0.6 is 0 Å². The Balaban J connectivity index is 1.48. The number of carbonyl (C=O) groups is 2. The lowest BCUT2D eigenvalue weighted by molar-refractivity contribution is -0.120. The third kappa shape index (κ3) is 5.27. The Morgan fingerprint density at radius 3 is 2.70 bits per heavy atom. The zero-order chi connectivity index (χ0) is 19.1. The van der Waals surface area contributed by atoms with E-state index in [0.29, 0.717) is 25.3 Å². The molecule has 7 nitrogen and oxygen atoms in total. The minimum absolute atomic E-state index is 0.0609. The first-order valence-electron chi connectivity index (χ1n) is 9.01. The predicted molar refractivity (Wildman–Crippen MR) is 103 cm³/mol. The fourth-order valence-corrected chi connectivity index (χ4v) is 2.88. The van der Waals surface area contributed by atoms with Crippen molar-refractivity contribution in [1.29, 1.82) is 0 Å². The minimum Gasteiger partial charge on any atom is -0.378 e. The lowest BCUT2D eigenvalue weighted by Gasteiger charge is -2.28. The van der Waals surface area contributed by atoms with Crippen LogP contribution in [0, 0.1) is 6.92 Å². The normalized spacial score (nSPS) is 13.9. The summed E-state index contributed by atoms with van der Waals surface area (Å²) in [7, 11) is 0. The Bertz CT molecular complexity index is 803. The first-order valence-corrected chi connectivity index (χ1v) is 9.01. The molecule has 0 saturated carbocycles. The number of ether oxygens (including phenoxy) is 1. The van der Waals surface area contributed by atoms with E-state index in [1.807, 2.05) is 31.2 Å². The molecule has 1 fully saturated rings. The van der Waals surface area contributed by atoms with Crippen molar-refractivity contribution in [2.24, 2.45) is 0 Å². The summed E-state index contributed by atoms with van der Waals surface area (Å²) in [5, 5.41) is 5.48. The molecule has 2 N–H and O–H groups in total. The average molecular weight is 368 g/mol. The molecule has 0 atom stereocenters. The monoisotopic (exact) mass is 368 g/mol. The van der Waals surface area contributed by atoms with Gasteiger partial charge in [0.05, 0.1) is 19.8 Å². The van der Waals surface area contributed by atoms with E-state index in [1.54, 1.807) is 18.3 Å². The molecule has 7 heteroatoms. The van der Waals surface area contributed by atoms with Gasteiger partial charge in [0, 0.05) is 31.4 Å². The van der Waals surface area contributed by atoms with Crippen LogP contribution in [0.1, 0.15) is 21.5 Å². The molecule has 0 bridgehead atoms. The number of pyridine rings is 1. The summed E-state index contributed by atoms with van der Waals surface area (Å²) in [4.78, 5) is 30.8. The average Bonchev–Trinajstić information content (AvgIpc) is 2.71. The molecule has 1 aliphatic heterocycles. The maximum absolute atomic E-state index is 12.1. The van der Waals surface area contributed by atoms with Gasteiger partial charge in [-0.15, -0.1) is 0 Å². The zero-order valence-corrected chi connectivity index (χ0v) is 15.4. The van der Waals surface area contributed by atoms with Crippen molar-refractivity contribution in [3.05, 3.63) is 59.3 Å². The number of nitrogens with one attached hydrogen (secondary N) is 2. The first-order chi connectivity index (χ1) is 13.1. The number of benzene rings is 1. The van der Waals surface area contributed by atoms with E-state index >= 15 is 0 Å². The highest BCUT2D eigenvalue weighted by molar-refractivity contribution is 5.97. The Kier molecular flexibility index (Phi) is 6.38. The van der Waals surface area contributed by atoms with E-state index in [-0.39, 0.29) is 18.4 Å². The molecular formula is C20H24N4O3. The summed E-state index contributed by atoms with van der Waals surface area (Å²) in [6, 6.07) is 11.1. The quantitative estimate of drug-likeness (QED) is 0.802. The van der Waals surface area contributed by atoms with Gasteiger partial charge >= 0.3 is 0 Å². The summed E-state index contributed by atoms with van der Waals surface area (Å²) in [6.45, 7) is 5.21. The van der Waals surface area contributed by atoms with Crippen molar-refractivity contribution >= 4 is 17.6 Å². The molecule has 0 unspecified atom stereocenters. The first kappa shape index (κ1) is 18.8. The summed E-state index contributed by atoms with van der Waals surface area (Å²) < 4.78 is 5.35. The number of rotatable bonds is 6. The predicted octanol–water partition coefficient (Wildman–Crippen LogP) is 1.27. The molecular weight excluding hydrogens is 344 g/mol. The summed E-state index contributed by atoms with van der Waals surface area (Å²) >= 11 is 0. The van der Waals surface area contributed by atoms with Gasteiger partial charge in [-0.25, -0.2) is 4.98 Å². The third-order valence-electron chi connectivity index (χ3n) is 4.43. The fraction of sp³-hybridized carbons (Fsp3) is 0.350. The molecule has 142 valence electrons. The fourth-order valence-electron chi connectivity index (χ4n) is 2.88. The van der Waals surface area contributed by atoms with E-state index < -0.39 is 0 Å². The summed E-state index contributed by atoms with van der Waals surface area (Å²) in [6.07, 6.45) is 1.74. The van der Waals surface area contributed by atoms with E-state index in [0.717, 1.165) is 30.0 Å². The van der Waals surface area contributed by atoms with Gasteiger partial charge in [-0.3, -0.25) is 9.59 Å². The number of hydrogen-bond donors (Lipinski definition) is 2. The van der Waals surface area contributed by atoms with Gasteiger partial charge in [0.1, 0.15) is 5.82 Å². The van der Waals surface area contributed by atoms with Gasteiger partial charge in [-0.05, 0) is 36.2 Å². The summed E-state index contributed by atoms with van der Waals surface area (Å²) in [5.41, 5.74) is 2.42. The maximum Gasteiger partial charge on any atom is 0.251 e. The van der Waals surface area contributed by atoms with Crippen LogP contribution in [0.3, 0.4) is 0 Å². The van der Waals surface area contributed by atoms with Gasteiger partial charge in [0.15, 0.2) is 0 Å². The van der Waals surface area contributed by atoms with Crippen LogP contribution in [0.15, 0.2) is 42.6 Å². The largest absolute Gasteiger partial charge is 0.378 e. The number of carbonyl (C=O) groups excluding carboxylic acids is 2. The molecule has 1 aromatic heterocycles. The van der Waals surface area contributed by atoms with Crippen molar-refractivity contribution in [3.63, 3.8) is 0 Å². The van der Waals surface area contributed by atoms with Crippen LogP contribution in [0.25, 0.3) is 0 Å². The Morgan fingerprint density at radius 1 is 1.15 bits per heavy atom. The highest BCUT2D eigenvalue weighted by atomic mass is 16.5. The molecule has 1 saturated heterocycles. The number of aryl methyl sites for hydroxylation is 1. The van der Waals surface area contributed by atoms with Crippen LogP contribution < -0.4 is 15.5 Å². The van der Waals surface area contributed by atoms with E-state index in [4.69, 9.17) is 4.74 Å². The van der Waals surface area contributed by atoms with E-state index in [1.165, 1.54) is 0 Å². The second kappa shape index (κ2) is 9.14. The van der Waals surface area contributed by atoms with Gasteiger partial charge in [-0.2, -0.15) is 0 Å². The maximum atomic E-state index is 12.1. The number of aromatic nitrogens is 1. The van der Waals surface area contributed by atoms with Gasteiger partial charge in [-0.1, -0.05) is 18.2 Å². The van der Waals surface area contributed by atoms with Crippen LogP contribution in [-0.2, 0) is 16.1 Å². The van der Waals surface area contributed by atoms with E-state index in [9.17, 15) is 9.59 Å². The molecule has 2 heterocycles. The molecule has 1 aromatic carbocycles. The number of amides is 2. The smallest absolute Gasteiger partial charge is 0.251 e. The van der Waals surface area contributed by atoms with E-state index in [2.05, 4.69) is 20.5 Å². The number of nitrogens with zero attached hydrogens (tertiary/aromatic N) is 2. The van der Waals surface area contributed by atoms with Crippen molar-refractivity contribution in [2.45, 2.75) is 13.5 Å². The number of morpholine rings is 1. The Labute approximate surface area is 158 Å². The SMILES string of the molecule is Cc1ccccc1C(=O)NCC(=O)NCc1ccnc(N2CCOCC2)c1. The van der Waals surface area contributed by atoms with Crippen LogP contribution in [-0.4, -0.2) is 49.6 Å². The summed E-state index contributed by atoms with van der Waals surface area (Å²) in [5.74, 6) is 0.404. The zero-order valence-electron chi connectivity index (χ0n) is 15.4. The van der Waals surface area contributed by atoms with Crippen molar-refractivity contribution in [1.82, 2.24) is 15.6 Å². The third-order valence-corrected chi connectivity index (χ3v) is 4.43. The van der Waals surface area contributed by atoms with Gasteiger partial charge in [0.25, 0.3) is 5.91 Å². The molecule has 3 rings (SSSR count). The van der Waals surface area contributed by atoms with Crippen molar-refractivity contribution in [2.75, 3.05) is 37.7 Å². The van der Waals surface area contributed by atoms with Crippen LogP contribution in [0.4, 0.5) is 5.82 Å². The standard InChI is InChI=1S/C20H24N4O3/c1-15-4-2-3-5-17(15)20(26)23-14-19(25)22-13-16-6-7-21-18(12-16)24-8-10-27-11-9-24/h2-7,12H,8-11,13-14H2,1H3,(H,22,25)(H,23,26). The molecule has 0 spiro atoms. The number of hydrogen-bond acceptors (Lipinski definition) is 5. The molecule has 1 aliphatic rings. The highest BCUT2D eigenvalue weighted by Crippen LogP contribution is 2.14. The van der Waals surface area contributed by atoms with Crippen molar-refractivity contribution < 1.29 is 14.3 Å².